The molecule has 3 heteroatoms. The van der Waals surface area contributed by atoms with E-state index in [2.05, 4.69) is 19.9 Å². The van der Waals surface area contributed by atoms with E-state index in [9.17, 15) is 9.90 Å². The van der Waals surface area contributed by atoms with Gasteiger partial charge in [-0.05, 0) is 68.1 Å². The van der Waals surface area contributed by atoms with Gasteiger partial charge in [-0.3, -0.25) is 4.79 Å². The van der Waals surface area contributed by atoms with Gasteiger partial charge in [0.2, 0.25) is 0 Å². The molecule has 4 aliphatic rings. The minimum Gasteiger partial charge on any atom is -0.387 e. The largest absolute Gasteiger partial charge is 0.387 e. The number of aliphatic hydroxyl groups is 1. The molecule has 3 fully saturated rings. The quantitative estimate of drug-likeness (QED) is 0.780. The van der Waals surface area contributed by atoms with Crippen LogP contribution in [0, 0.1) is 28.6 Å². The molecule has 24 heavy (non-hydrogen) atoms. The zero-order chi connectivity index (χ0) is 17.2. The highest BCUT2D eigenvalue weighted by atomic mass is 16.5. The summed E-state index contributed by atoms with van der Waals surface area (Å²) in [5, 5.41) is 10.8. The molecule has 6 atom stereocenters. The number of ether oxygens (including phenoxy) is 1. The fourth-order valence-electron chi connectivity index (χ4n) is 6.88. The van der Waals surface area contributed by atoms with Crippen molar-refractivity contribution >= 4 is 5.78 Å². The zero-order valence-corrected chi connectivity index (χ0v) is 15.4. The lowest BCUT2D eigenvalue weighted by Crippen LogP contribution is -2.53. The molecule has 4 aliphatic carbocycles. The Balaban J connectivity index is 1.63. The molecule has 0 aromatic heterocycles. The second kappa shape index (κ2) is 5.41. The fraction of sp³-hybridized carbons (Fsp3) is 0.857. The maximum absolute atomic E-state index is 12.5. The van der Waals surface area contributed by atoms with E-state index in [1.165, 1.54) is 12.0 Å². The molecule has 1 N–H and O–H groups in total. The Kier molecular flexibility index (Phi) is 3.78. The number of ketones is 1. The second-order valence-corrected chi connectivity index (χ2v) is 9.51. The lowest BCUT2D eigenvalue weighted by atomic mass is 9.47. The van der Waals surface area contributed by atoms with Gasteiger partial charge in [-0.2, -0.15) is 0 Å². The van der Waals surface area contributed by atoms with Crippen molar-refractivity contribution in [3.63, 3.8) is 0 Å². The van der Waals surface area contributed by atoms with E-state index in [-0.39, 0.29) is 10.8 Å². The summed E-state index contributed by atoms with van der Waals surface area (Å²) in [6.45, 7) is 5.11. The molecule has 4 rings (SSSR count). The summed E-state index contributed by atoms with van der Waals surface area (Å²) < 4.78 is 5.27. The van der Waals surface area contributed by atoms with Crippen LogP contribution in [0.2, 0.25) is 0 Å². The van der Waals surface area contributed by atoms with Crippen molar-refractivity contribution in [1.82, 2.24) is 0 Å². The molecule has 0 amide bonds. The van der Waals surface area contributed by atoms with Gasteiger partial charge in [0.1, 0.15) is 5.78 Å². The number of carbonyl (C=O) groups is 1. The molecule has 0 aliphatic heterocycles. The second-order valence-electron chi connectivity index (χ2n) is 9.51. The number of carbonyl (C=O) groups excluding carboxylic acids is 1. The topological polar surface area (TPSA) is 46.5 Å². The number of allylic oxidation sites excluding steroid dienone is 1. The molecule has 0 bridgehead atoms. The van der Waals surface area contributed by atoms with Crippen LogP contribution < -0.4 is 0 Å². The summed E-state index contributed by atoms with van der Waals surface area (Å²) in [7, 11) is 1.68. The Hall–Kier alpha value is -0.670. The molecule has 0 radical (unpaired) electrons. The average Bonchev–Trinajstić information content (AvgIpc) is 2.84. The minimum absolute atomic E-state index is 0.0473. The van der Waals surface area contributed by atoms with Gasteiger partial charge in [0.05, 0.1) is 12.2 Å². The number of methoxy groups -OCH3 is 1. The van der Waals surface area contributed by atoms with E-state index in [0.717, 1.165) is 44.9 Å². The monoisotopic (exact) mass is 332 g/mol. The first kappa shape index (κ1) is 16.8. The van der Waals surface area contributed by atoms with Crippen LogP contribution in [0.5, 0.6) is 0 Å². The molecular formula is C21H32O3. The summed E-state index contributed by atoms with van der Waals surface area (Å²) in [6.07, 6.45) is 10.3. The van der Waals surface area contributed by atoms with Gasteiger partial charge in [-0.15, -0.1) is 0 Å². The van der Waals surface area contributed by atoms with E-state index in [0.29, 0.717) is 30.1 Å². The maximum atomic E-state index is 12.5. The van der Waals surface area contributed by atoms with Crippen molar-refractivity contribution in [1.29, 1.82) is 0 Å². The van der Waals surface area contributed by atoms with E-state index in [1.54, 1.807) is 7.11 Å². The van der Waals surface area contributed by atoms with E-state index < -0.39 is 5.60 Å². The van der Waals surface area contributed by atoms with Crippen molar-refractivity contribution in [3.8, 4) is 0 Å². The minimum atomic E-state index is -0.681. The van der Waals surface area contributed by atoms with E-state index >= 15 is 0 Å². The van der Waals surface area contributed by atoms with Crippen molar-refractivity contribution in [2.45, 2.75) is 70.8 Å². The van der Waals surface area contributed by atoms with Crippen molar-refractivity contribution in [2.24, 2.45) is 28.6 Å². The van der Waals surface area contributed by atoms with Crippen LogP contribution in [-0.4, -0.2) is 30.2 Å². The molecule has 0 aromatic rings. The van der Waals surface area contributed by atoms with Crippen LogP contribution in [0.3, 0.4) is 0 Å². The van der Waals surface area contributed by atoms with Gasteiger partial charge in [-0.1, -0.05) is 25.5 Å². The van der Waals surface area contributed by atoms with Crippen LogP contribution in [0.25, 0.3) is 0 Å². The molecule has 3 saturated carbocycles. The highest BCUT2D eigenvalue weighted by Crippen LogP contribution is 2.64. The number of Topliss-reactive ketones (excluding diaryl/α,β-unsaturated/α-hetero) is 1. The molecule has 0 unspecified atom stereocenters. The lowest BCUT2D eigenvalue weighted by molar-refractivity contribution is -0.132. The van der Waals surface area contributed by atoms with Gasteiger partial charge in [-0.25, -0.2) is 0 Å². The SMILES string of the molecule is COC[C@]1(O)CC[C@@]2(C)C(=CC[C@@H]3[C@@H]2CC[C@]2(C)C(=O)CC[C@@H]32)C1. The number of rotatable bonds is 2. The Morgan fingerprint density at radius 2 is 1.92 bits per heavy atom. The molecule has 0 aromatic carbocycles. The number of hydrogen-bond acceptors (Lipinski definition) is 3. The van der Waals surface area contributed by atoms with Crippen molar-refractivity contribution in [2.75, 3.05) is 13.7 Å². The molecule has 0 saturated heterocycles. The normalized spacial score (nSPS) is 50.8. The van der Waals surface area contributed by atoms with Crippen LogP contribution in [0.15, 0.2) is 11.6 Å². The van der Waals surface area contributed by atoms with Gasteiger partial charge in [0.25, 0.3) is 0 Å². The number of fused-ring (bicyclic) bond motifs is 5. The maximum Gasteiger partial charge on any atom is 0.139 e. The fourth-order valence-corrected chi connectivity index (χ4v) is 6.88. The molecule has 0 heterocycles. The Morgan fingerprint density at radius 1 is 1.17 bits per heavy atom. The lowest BCUT2D eigenvalue weighted by Gasteiger charge is -2.58. The predicted molar refractivity (Wildman–Crippen MR) is 93.5 cm³/mol. The van der Waals surface area contributed by atoms with Crippen molar-refractivity contribution < 1.29 is 14.6 Å². The summed E-state index contributed by atoms with van der Waals surface area (Å²) in [5.41, 5.74) is 0.950. The van der Waals surface area contributed by atoms with Crippen LogP contribution >= 0.6 is 0 Å². The summed E-state index contributed by atoms with van der Waals surface area (Å²) in [6, 6.07) is 0. The summed E-state index contributed by atoms with van der Waals surface area (Å²) in [5.74, 6) is 2.45. The highest BCUT2D eigenvalue weighted by Gasteiger charge is 2.59. The molecule has 0 spiro atoms. The summed E-state index contributed by atoms with van der Waals surface area (Å²) in [4.78, 5) is 12.5. The zero-order valence-electron chi connectivity index (χ0n) is 15.4. The Morgan fingerprint density at radius 3 is 2.67 bits per heavy atom. The van der Waals surface area contributed by atoms with E-state index in [1.807, 2.05) is 0 Å². The highest BCUT2D eigenvalue weighted by molar-refractivity contribution is 5.87. The summed E-state index contributed by atoms with van der Waals surface area (Å²) >= 11 is 0. The third-order valence-electron chi connectivity index (χ3n) is 8.38. The Labute approximate surface area is 145 Å². The van der Waals surface area contributed by atoms with Gasteiger partial charge in [0.15, 0.2) is 0 Å². The number of hydrogen-bond donors (Lipinski definition) is 1. The molecule has 134 valence electrons. The van der Waals surface area contributed by atoms with Gasteiger partial charge < -0.3 is 9.84 Å². The van der Waals surface area contributed by atoms with Crippen molar-refractivity contribution in [3.05, 3.63) is 11.6 Å². The van der Waals surface area contributed by atoms with Gasteiger partial charge in [0, 0.05) is 18.9 Å². The molecular weight excluding hydrogens is 300 g/mol. The third kappa shape index (κ3) is 2.20. The first-order valence-corrected chi connectivity index (χ1v) is 9.77. The smallest absolute Gasteiger partial charge is 0.139 e. The average molecular weight is 332 g/mol. The first-order chi connectivity index (χ1) is 11.3. The Bertz CT molecular complexity index is 582. The predicted octanol–water partition coefficient (Wildman–Crippen LogP) is 3.90. The third-order valence-corrected chi connectivity index (χ3v) is 8.38. The standard InChI is InChI=1S/C21H32O3/c1-19-10-11-21(23,13-24-3)12-14(19)4-5-15-16-6-7-18(22)20(16,2)9-8-17(15)19/h4,15-17,23H,5-13H2,1-3H3/t15-,16-,17-,19-,20-,21-/m0/s1. The molecule has 3 nitrogen and oxygen atoms in total. The van der Waals surface area contributed by atoms with Crippen LogP contribution in [0.1, 0.15) is 65.2 Å². The first-order valence-electron chi connectivity index (χ1n) is 9.77. The van der Waals surface area contributed by atoms with E-state index in [4.69, 9.17) is 4.74 Å². The van der Waals surface area contributed by atoms with Crippen LogP contribution in [0.4, 0.5) is 0 Å². The van der Waals surface area contributed by atoms with Gasteiger partial charge >= 0.3 is 0 Å². The van der Waals surface area contributed by atoms with Crippen LogP contribution in [-0.2, 0) is 9.53 Å².